The van der Waals surface area contributed by atoms with Crippen LogP contribution in [0.5, 0.6) is 17.2 Å². The standard InChI is InChI=1S/C10H13NO3/c1-10(2,11)6-3-8-9(4-7(6)12)14-5-13-8/h3-4,12H,5,11H2,1-2H3. The maximum absolute atomic E-state index is 9.69. The molecule has 2 rings (SSSR count). The van der Waals surface area contributed by atoms with Crippen molar-refractivity contribution in [3.8, 4) is 17.2 Å². The Kier molecular flexibility index (Phi) is 1.82. The molecule has 0 fully saturated rings. The van der Waals surface area contributed by atoms with Crippen molar-refractivity contribution in [1.29, 1.82) is 0 Å². The van der Waals surface area contributed by atoms with Gasteiger partial charge in [-0.2, -0.15) is 0 Å². The number of ether oxygens (including phenoxy) is 2. The van der Waals surface area contributed by atoms with Gasteiger partial charge in [0.1, 0.15) is 5.75 Å². The van der Waals surface area contributed by atoms with E-state index in [-0.39, 0.29) is 12.5 Å². The van der Waals surface area contributed by atoms with Crippen molar-refractivity contribution in [1.82, 2.24) is 0 Å². The first kappa shape index (κ1) is 9.15. The Balaban J connectivity index is 2.53. The first-order valence-corrected chi connectivity index (χ1v) is 4.40. The van der Waals surface area contributed by atoms with Crippen molar-refractivity contribution in [3.05, 3.63) is 17.7 Å². The minimum absolute atomic E-state index is 0.141. The topological polar surface area (TPSA) is 64.7 Å². The van der Waals surface area contributed by atoms with E-state index in [9.17, 15) is 5.11 Å². The molecule has 1 aromatic rings. The average molecular weight is 195 g/mol. The van der Waals surface area contributed by atoms with Crippen molar-refractivity contribution >= 4 is 0 Å². The minimum Gasteiger partial charge on any atom is -0.507 e. The third-order valence-corrected chi connectivity index (χ3v) is 2.19. The van der Waals surface area contributed by atoms with Crippen molar-refractivity contribution in [2.24, 2.45) is 5.73 Å². The third kappa shape index (κ3) is 1.37. The number of phenolic OH excluding ortho intramolecular Hbond substituents is 1. The fraction of sp³-hybridized carbons (Fsp3) is 0.400. The Morgan fingerprint density at radius 2 is 1.86 bits per heavy atom. The molecule has 0 spiro atoms. The Labute approximate surface area is 82.2 Å². The van der Waals surface area contributed by atoms with Gasteiger partial charge < -0.3 is 20.3 Å². The molecule has 0 unspecified atom stereocenters. The van der Waals surface area contributed by atoms with E-state index < -0.39 is 5.54 Å². The van der Waals surface area contributed by atoms with E-state index in [0.29, 0.717) is 17.1 Å². The molecule has 4 nitrogen and oxygen atoms in total. The maximum Gasteiger partial charge on any atom is 0.231 e. The molecule has 0 atom stereocenters. The smallest absolute Gasteiger partial charge is 0.231 e. The van der Waals surface area contributed by atoms with E-state index in [0.717, 1.165) is 0 Å². The SMILES string of the molecule is CC(C)(N)c1cc2c(cc1O)OCO2. The quantitative estimate of drug-likeness (QED) is 0.709. The van der Waals surface area contributed by atoms with E-state index in [2.05, 4.69) is 0 Å². The molecule has 1 aliphatic rings. The molecule has 1 aliphatic heterocycles. The summed E-state index contributed by atoms with van der Waals surface area (Å²) in [6.07, 6.45) is 0. The van der Waals surface area contributed by atoms with Crippen LogP contribution in [0, 0.1) is 0 Å². The van der Waals surface area contributed by atoms with E-state index >= 15 is 0 Å². The normalized spacial score (nSPS) is 14.5. The summed E-state index contributed by atoms with van der Waals surface area (Å²) in [6.45, 7) is 3.84. The summed E-state index contributed by atoms with van der Waals surface area (Å²) in [7, 11) is 0. The van der Waals surface area contributed by atoms with Crippen molar-refractivity contribution < 1.29 is 14.6 Å². The van der Waals surface area contributed by atoms with Crippen LogP contribution in [-0.2, 0) is 5.54 Å². The number of fused-ring (bicyclic) bond motifs is 1. The Bertz CT molecular complexity index is 368. The van der Waals surface area contributed by atoms with Gasteiger partial charge in [0, 0.05) is 17.2 Å². The molecule has 1 aromatic carbocycles. The van der Waals surface area contributed by atoms with Crippen LogP contribution < -0.4 is 15.2 Å². The molecule has 4 heteroatoms. The largest absolute Gasteiger partial charge is 0.507 e. The number of hydrogen-bond donors (Lipinski definition) is 2. The Morgan fingerprint density at radius 1 is 1.29 bits per heavy atom. The van der Waals surface area contributed by atoms with Crippen LogP contribution >= 0.6 is 0 Å². The van der Waals surface area contributed by atoms with Gasteiger partial charge in [0.05, 0.1) is 0 Å². The summed E-state index contributed by atoms with van der Waals surface area (Å²) in [5.74, 6) is 1.34. The van der Waals surface area contributed by atoms with Gasteiger partial charge in [0.2, 0.25) is 6.79 Å². The van der Waals surface area contributed by atoms with Crippen molar-refractivity contribution in [3.63, 3.8) is 0 Å². The number of phenols is 1. The lowest BCUT2D eigenvalue weighted by molar-refractivity contribution is 0.174. The summed E-state index contributed by atoms with van der Waals surface area (Å²) in [6, 6.07) is 3.25. The zero-order chi connectivity index (χ0) is 10.3. The highest BCUT2D eigenvalue weighted by Gasteiger charge is 2.24. The first-order chi connectivity index (χ1) is 6.48. The summed E-state index contributed by atoms with van der Waals surface area (Å²) >= 11 is 0. The molecule has 0 radical (unpaired) electrons. The second kappa shape index (κ2) is 2.78. The van der Waals surface area contributed by atoms with E-state index in [1.54, 1.807) is 6.07 Å². The van der Waals surface area contributed by atoms with Crippen LogP contribution in [-0.4, -0.2) is 11.9 Å². The number of hydrogen-bond acceptors (Lipinski definition) is 4. The zero-order valence-electron chi connectivity index (χ0n) is 8.20. The van der Waals surface area contributed by atoms with Gasteiger partial charge in [-0.3, -0.25) is 0 Å². The molecule has 0 saturated carbocycles. The highest BCUT2D eigenvalue weighted by atomic mass is 16.7. The number of rotatable bonds is 1. The predicted molar refractivity (Wildman–Crippen MR) is 51.4 cm³/mol. The maximum atomic E-state index is 9.69. The molecule has 0 aliphatic carbocycles. The lowest BCUT2D eigenvalue weighted by Crippen LogP contribution is -2.28. The molecule has 1 heterocycles. The molecule has 0 amide bonds. The molecular formula is C10H13NO3. The molecule has 0 aromatic heterocycles. The lowest BCUT2D eigenvalue weighted by atomic mass is 9.94. The lowest BCUT2D eigenvalue weighted by Gasteiger charge is -2.20. The van der Waals surface area contributed by atoms with Crippen LogP contribution in [0.2, 0.25) is 0 Å². The second-order valence-corrected chi connectivity index (χ2v) is 3.94. The van der Waals surface area contributed by atoms with Gasteiger partial charge in [-0.15, -0.1) is 0 Å². The van der Waals surface area contributed by atoms with E-state index in [1.807, 2.05) is 13.8 Å². The van der Waals surface area contributed by atoms with E-state index in [1.165, 1.54) is 6.07 Å². The highest BCUT2D eigenvalue weighted by molar-refractivity contribution is 5.53. The Hall–Kier alpha value is -1.42. The summed E-state index contributed by atoms with van der Waals surface area (Å²) in [5, 5.41) is 9.69. The van der Waals surface area contributed by atoms with Crippen LogP contribution in [0.15, 0.2) is 12.1 Å². The average Bonchev–Trinajstić information content (AvgIpc) is 2.47. The van der Waals surface area contributed by atoms with Gasteiger partial charge in [0.25, 0.3) is 0 Å². The van der Waals surface area contributed by atoms with E-state index in [4.69, 9.17) is 15.2 Å². The number of benzene rings is 1. The van der Waals surface area contributed by atoms with Gasteiger partial charge >= 0.3 is 0 Å². The summed E-state index contributed by atoms with van der Waals surface area (Å²) in [5.41, 5.74) is 5.96. The molecular weight excluding hydrogens is 182 g/mol. The van der Waals surface area contributed by atoms with Gasteiger partial charge in [-0.25, -0.2) is 0 Å². The Morgan fingerprint density at radius 3 is 2.43 bits per heavy atom. The van der Waals surface area contributed by atoms with Crippen molar-refractivity contribution in [2.45, 2.75) is 19.4 Å². The molecule has 0 saturated heterocycles. The molecule has 3 N–H and O–H groups in total. The van der Waals surface area contributed by atoms with Crippen LogP contribution in [0.3, 0.4) is 0 Å². The number of aromatic hydroxyl groups is 1. The fourth-order valence-electron chi connectivity index (χ4n) is 1.45. The second-order valence-electron chi connectivity index (χ2n) is 3.94. The van der Waals surface area contributed by atoms with Gasteiger partial charge in [0.15, 0.2) is 11.5 Å². The van der Waals surface area contributed by atoms with Gasteiger partial charge in [-0.1, -0.05) is 0 Å². The summed E-state index contributed by atoms with van der Waals surface area (Å²) in [4.78, 5) is 0. The monoisotopic (exact) mass is 195 g/mol. The van der Waals surface area contributed by atoms with Crippen LogP contribution in [0.1, 0.15) is 19.4 Å². The van der Waals surface area contributed by atoms with Crippen molar-refractivity contribution in [2.75, 3.05) is 6.79 Å². The van der Waals surface area contributed by atoms with Crippen LogP contribution in [0.25, 0.3) is 0 Å². The predicted octanol–water partition coefficient (Wildman–Crippen LogP) is 1.31. The molecule has 0 bridgehead atoms. The minimum atomic E-state index is -0.592. The fourth-order valence-corrected chi connectivity index (χ4v) is 1.45. The summed E-state index contributed by atoms with van der Waals surface area (Å²) < 4.78 is 10.3. The third-order valence-electron chi connectivity index (χ3n) is 2.19. The highest BCUT2D eigenvalue weighted by Crippen LogP contribution is 2.40. The number of nitrogens with two attached hydrogens (primary N) is 1. The van der Waals surface area contributed by atoms with Crippen LogP contribution in [0.4, 0.5) is 0 Å². The molecule has 14 heavy (non-hydrogen) atoms. The first-order valence-electron chi connectivity index (χ1n) is 4.40. The molecule has 76 valence electrons. The van der Waals surface area contributed by atoms with Gasteiger partial charge in [-0.05, 0) is 19.9 Å². The zero-order valence-corrected chi connectivity index (χ0v) is 8.20.